The summed E-state index contributed by atoms with van der Waals surface area (Å²) in [5, 5.41) is 2.43. The lowest BCUT2D eigenvalue weighted by atomic mass is 10.2. The number of Topliss-reactive ketones (excluding diaryl/α,β-unsaturated/α-hetero) is 1. The first-order valence-corrected chi connectivity index (χ1v) is 4.42. The van der Waals surface area contributed by atoms with Crippen LogP contribution in [-0.2, 0) is 4.79 Å². The molecule has 1 amide bonds. The van der Waals surface area contributed by atoms with Gasteiger partial charge in [0.2, 0.25) is 0 Å². The van der Waals surface area contributed by atoms with Gasteiger partial charge in [-0.25, -0.2) is 4.39 Å². The SMILES string of the molecule is CC(=O)C(C)NC(=O)c1cncc(F)c1. The highest BCUT2D eigenvalue weighted by Crippen LogP contribution is 2.01. The van der Waals surface area contributed by atoms with Crippen molar-refractivity contribution in [1.29, 1.82) is 0 Å². The fraction of sp³-hybridized carbons (Fsp3) is 0.300. The predicted octanol–water partition coefficient (Wildman–Crippen LogP) is 0.928. The smallest absolute Gasteiger partial charge is 0.253 e. The molecule has 80 valence electrons. The van der Waals surface area contributed by atoms with E-state index in [0.717, 1.165) is 12.3 Å². The molecule has 0 aliphatic rings. The Balaban J connectivity index is 2.73. The van der Waals surface area contributed by atoms with E-state index in [1.807, 2.05) is 0 Å². The Labute approximate surface area is 86.5 Å². The number of rotatable bonds is 3. The highest BCUT2D eigenvalue weighted by molar-refractivity contribution is 5.97. The predicted molar refractivity (Wildman–Crippen MR) is 51.8 cm³/mol. The average molecular weight is 210 g/mol. The Kier molecular flexibility index (Phi) is 3.49. The number of nitrogens with zero attached hydrogens (tertiary/aromatic N) is 1. The minimum Gasteiger partial charge on any atom is -0.342 e. The van der Waals surface area contributed by atoms with Crippen LogP contribution in [0, 0.1) is 5.82 Å². The van der Waals surface area contributed by atoms with Gasteiger partial charge in [-0.1, -0.05) is 0 Å². The van der Waals surface area contributed by atoms with Crippen LogP contribution in [0.4, 0.5) is 4.39 Å². The molecule has 1 aromatic rings. The van der Waals surface area contributed by atoms with Crippen LogP contribution in [0.5, 0.6) is 0 Å². The van der Waals surface area contributed by atoms with E-state index in [1.165, 1.54) is 13.1 Å². The summed E-state index contributed by atoms with van der Waals surface area (Å²) in [4.78, 5) is 25.9. The molecule has 1 heterocycles. The maximum Gasteiger partial charge on any atom is 0.253 e. The molecular weight excluding hydrogens is 199 g/mol. The van der Waals surface area contributed by atoms with Crippen LogP contribution in [0.25, 0.3) is 0 Å². The van der Waals surface area contributed by atoms with Gasteiger partial charge in [-0.3, -0.25) is 14.6 Å². The van der Waals surface area contributed by atoms with E-state index in [0.29, 0.717) is 0 Å². The summed E-state index contributed by atoms with van der Waals surface area (Å²) >= 11 is 0. The molecular formula is C10H11FN2O2. The number of carbonyl (C=O) groups is 2. The summed E-state index contributed by atoms with van der Waals surface area (Å²) in [6, 6.07) is 0.482. The Bertz CT molecular complexity index is 393. The summed E-state index contributed by atoms with van der Waals surface area (Å²) in [5.74, 6) is -1.25. The second-order valence-electron chi connectivity index (χ2n) is 3.20. The standard InChI is InChI=1S/C10H11FN2O2/c1-6(7(2)14)13-10(15)8-3-9(11)5-12-4-8/h3-6H,1-2H3,(H,13,15). The molecule has 0 saturated carbocycles. The number of halogens is 1. The monoisotopic (exact) mass is 210 g/mol. The van der Waals surface area contributed by atoms with Gasteiger partial charge in [0.05, 0.1) is 17.8 Å². The van der Waals surface area contributed by atoms with E-state index in [-0.39, 0.29) is 11.3 Å². The van der Waals surface area contributed by atoms with Gasteiger partial charge in [-0.05, 0) is 19.9 Å². The van der Waals surface area contributed by atoms with Gasteiger partial charge in [-0.2, -0.15) is 0 Å². The van der Waals surface area contributed by atoms with E-state index < -0.39 is 17.8 Å². The zero-order chi connectivity index (χ0) is 11.4. The van der Waals surface area contributed by atoms with Crippen molar-refractivity contribution in [3.05, 3.63) is 29.8 Å². The normalized spacial score (nSPS) is 11.9. The summed E-state index contributed by atoms with van der Waals surface area (Å²) in [5.41, 5.74) is 0.100. The zero-order valence-corrected chi connectivity index (χ0v) is 8.45. The lowest BCUT2D eigenvalue weighted by molar-refractivity contribution is -0.118. The third kappa shape index (κ3) is 3.12. The zero-order valence-electron chi connectivity index (χ0n) is 8.45. The van der Waals surface area contributed by atoms with E-state index in [4.69, 9.17) is 0 Å². The summed E-state index contributed by atoms with van der Waals surface area (Å²) in [6.07, 6.45) is 2.25. The molecule has 0 aromatic carbocycles. The van der Waals surface area contributed by atoms with Crippen molar-refractivity contribution in [3.8, 4) is 0 Å². The van der Waals surface area contributed by atoms with Gasteiger partial charge in [0.25, 0.3) is 5.91 Å². The van der Waals surface area contributed by atoms with Gasteiger partial charge in [0.1, 0.15) is 5.82 Å². The number of ketones is 1. The van der Waals surface area contributed by atoms with Crippen molar-refractivity contribution in [2.75, 3.05) is 0 Å². The lowest BCUT2D eigenvalue weighted by Gasteiger charge is -2.09. The van der Waals surface area contributed by atoms with E-state index in [2.05, 4.69) is 10.3 Å². The quantitative estimate of drug-likeness (QED) is 0.807. The van der Waals surface area contributed by atoms with Gasteiger partial charge in [0.15, 0.2) is 5.78 Å². The Morgan fingerprint density at radius 2 is 2.13 bits per heavy atom. The molecule has 0 fully saturated rings. The van der Waals surface area contributed by atoms with Crippen LogP contribution in [-0.4, -0.2) is 22.7 Å². The van der Waals surface area contributed by atoms with Crippen LogP contribution in [0.15, 0.2) is 18.5 Å². The number of carbonyl (C=O) groups excluding carboxylic acids is 2. The molecule has 1 aromatic heterocycles. The Morgan fingerprint density at radius 1 is 1.47 bits per heavy atom. The Morgan fingerprint density at radius 3 is 2.67 bits per heavy atom. The van der Waals surface area contributed by atoms with Crippen LogP contribution < -0.4 is 5.32 Å². The van der Waals surface area contributed by atoms with Crippen LogP contribution in [0.3, 0.4) is 0 Å². The first-order chi connectivity index (χ1) is 7.00. The molecule has 1 rings (SSSR count). The minimum absolute atomic E-state index is 0.100. The minimum atomic E-state index is -0.585. The molecule has 5 heteroatoms. The number of aromatic nitrogens is 1. The molecule has 0 radical (unpaired) electrons. The maximum atomic E-state index is 12.7. The number of pyridine rings is 1. The first kappa shape index (κ1) is 11.3. The van der Waals surface area contributed by atoms with E-state index in [1.54, 1.807) is 6.92 Å². The molecule has 0 aliphatic carbocycles. The van der Waals surface area contributed by atoms with Crippen molar-refractivity contribution in [2.24, 2.45) is 0 Å². The number of nitrogens with one attached hydrogen (secondary N) is 1. The van der Waals surface area contributed by atoms with Crippen LogP contribution in [0.1, 0.15) is 24.2 Å². The molecule has 15 heavy (non-hydrogen) atoms. The fourth-order valence-electron chi connectivity index (χ4n) is 0.918. The highest BCUT2D eigenvalue weighted by Gasteiger charge is 2.13. The van der Waals surface area contributed by atoms with Crippen LogP contribution >= 0.6 is 0 Å². The molecule has 4 nitrogen and oxygen atoms in total. The van der Waals surface area contributed by atoms with Crippen molar-refractivity contribution in [1.82, 2.24) is 10.3 Å². The van der Waals surface area contributed by atoms with Gasteiger partial charge in [-0.15, -0.1) is 0 Å². The molecule has 1 atom stereocenters. The van der Waals surface area contributed by atoms with Gasteiger partial charge >= 0.3 is 0 Å². The number of hydrogen-bond acceptors (Lipinski definition) is 3. The molecule has 1 N–H and O–H groups in total. The molecule has 1 unspecified atom stereocenters. The molecule has 0 bridgehead atoms. The third-order valence-electron chi connectivity index (χ3n) is 1.92. The molecule has 0 aliphatic heterocycles. The Hall–Kier alpha value is -1.78. The van der Waals surface area contributed by atoms with Crippen LogP contribution in [0.2, 0.25) is 0 Å². The highest BCUT2D eigenvalue weighted by atomic mass is 19.1. The number of amides is 1. The topological polar surface area (TPSA) is 59.1 Å². The summed E-state index contributed by atoms with van der Waals surface area (Å²) < 4.78 is 12.7. The van der Waals surface area contributed by atoms with E-state index >= 15 is 0 Å². The fourth-order valence-corrected chi connectivity index (χ4v) is 0.918. The van der Waals surface area contributed by atoms with Crippen molar-refractivity contribution >= 4 is 11.7 Å². The van der Waals surface area contributed by atoms with Gasteiger partial charge < -0.3 is 5.32 Å². The lowest BCUT2D eigenvalue weighted by Crippen LogP contribution is -2.37. The maximum absolute atomic E-state index is 12.7. The van der Waals surface area contributed by atoms with Crippen molar-refractivity contribution in [3.63, 3.8) is 0 Å². The summed E-state index contributed by atoms with van der Waals surface area (Å²) in [6.45, 7) is 2.93. The summed E-state index contributed by atoms with van der Waals surface area (Å²) in [7, 11) is 0. The largest absolute Gasteiger partial charge is 0.342 e. The molecule has 0 spiro atoms. The second kappa shape index (κ2) is 4.63. The molecule has 0 saturated heterocycles. The first-order valence-electron chi connectivity index (χ1n) is 4.42. The van der Waals surface area contributed by atoms with Gasteiger partial charge in [0, 0.05) is 6.20 Å². The van der Waals surface area contributed by atoms with E-state index in [9.17, 15) is 14.0 Å². The average Bonchev–Trinajstić information content (AvgIpc) is 2.17. The third-order valence-corrected chi connectivity index (χ3v) is 1.92. The van der Waals surface area contributed by atoms with Crippen molar-refractivity contribution in [2.45, 2.75) is 19.9 Å². The number of hydrogen-bond donors (Lipinski definition) is 1. The van der Waals surface area contributed by atoms with Crippen molar-refractivity contribution < 1.29 is 14.0 Å². The second-order valence-corrected chi connectivity index (χ2v) is 3.20.